The van der Waals surface area contributed by atoms with Crippen LogP contribution in [0, 0.1) is 0 Å². The predicted molar refractivity (Wildman–Crippen MR) is 181 cm³/mol. The minimum Gasteiger partial charge on any atom is -0.387 e. The molecule has 8 heteroatoms. The van der Waals surface area contributed by atoms with Crippen LogP contribution in [0.2, 0.25) is 0 Å². The number of allylic oxidation sites excluding steroid dienone is 1. The summed E-state index contributed by atoms with van der Waals surface area (Å²) in [7, 11) is -4.43. The Labute approximate surface area is 265 Å². The molecule has 0 aliphatic rings. The fourth-order valence-electron chi connectivity index (χ4n) is 5.51. The summed E-state index contributed by atoms with van der Waals surface area (Å²) < 4.78 is 32.3. The second kappa shape index (κ2) is 29.7. The second-order valence-corrected chi connectivity index (χ2v) is 14.2. The monoisotopic (exact) mass is 631 g/mol. The molecule has 0 fully saturated rings. The van der Waals surface area contributed by atoms with Crippen LogP contribution in [0.25, 0.3) is 0 Å². The summed E-state index contributed by atoms with van der Waals surface area (Å²) >= 11 is 0. The molecule has 0 saturated heterocycles. The molecule has 0 aromatic heterocycles. The molecule has 0 aliphatic heterocycles. The predicted octanol–water partition coefficient (Wildman–Crippen LogP) is 8.82. The van der Waals surface area contributed by atoms with Crippen molar-refractivity contribution in [2.45, 2.75) is 199 Å². The zero-order valence-electron chi connectivity index (χ0n) is 28.0. The molecule has 0 spiro atoms. The summed E-state index contributed by atoms with van der Waals surface area (Å²) in [6.45, 7) is 4.47. The number of carbonyl (C=O) groups is 1. The molecule has 0 heterocycles. The van der Waals surface area contributed by atoms with Crippen LogP contribution in [0.1, 0.15) is 181 Å². The van der Waals surface area contributed by atoms with Gasteiger partial charge in [0.05, 0.1) is 17.9 Å². The SMILES string of the molecule is CCCCCCCCCCCCCCC/C=C/C(O)C(CS(=O)(=O)O)NC(=O)C(O)CCCCCCCCCCCCC. The molecule has 0 aliphatic carbocycles. The van der Waals surface area contributed by atoms with Gasteiger partial charge in [-0.05, 0) is 19.3 Å². The number of rotatable bonds is 32. The van der Waals surface area contributed by atoms with E-state index in [1.54, 1.807) is 6.08 Å². The Kier molecular flexibility index (Phi) is 29.1. The molecular formula is C35H69NO6S. The van der Waals surface area contributed by atoms with Gasteiger partial charge in [-0.2, -0.15) is 8.42 Å². The van der Waals surface area contributed by atoms with Crippen molar-refractivity contribution < 1.29 is 28.0 Å². The van der Waals surface area contributed by atoms with Gasteiger partial charge in [0.2, 0.25) is 5.91 Å². The summed E-state index contributed by atoms with van der Waals surface area (Å²) in [4.78, 5) is 12.5. The average molecular weight is 632 g/mol. The van der Waals surface area contributed by atoms with Crippen molar-refractivity contribution in [1.82, 2.24) is 5.32 Å². The Balaban J connectivity index is 4.13. The first kappa shape index (κ1) is 42.0. The molecule has 0 saturated carbocycles. The molecule has 256 valence electrons. The Morgan fingerprint density at radius 2 is 1.00 bits per heavy atom. The number of aliphatic hydroxyl groups is 2. The summed E-state index contributed by atoms with van der Waals surface area (Å²) in [6, 6.07) is -1.22. The average Bonchev–Trinajstić information content (AvgIpc) is 2.96. The van der Waals surface area contributed by atoms with Gasteiger partial charge < -0.3 is 15.5 Å². The highest BCUT2D eigenvalue weighted by Gasteiger charge is 2.27. The zero-order chi connectivity index (χ0) is 32.0. The molecule has 1 amide bonds. The van der Waals surface area contributed by atoms with Gasteiger partial charge >= 0.3 is 0 Å². The number of hydrogen-bond acceptors (Lipinski definition) is 5. The molecule has 43 heavy (non-hydrogen) atoms. The molecule has 4 N–H and O–H groups in total. The van der Waals surface area contributed by atoms with Gasteiger partial charge in [0.1, 0.15) is 6.10 Å². The summed E-state index contributed by atoms with van der Waals surface area (Å²) in [5.41, 5.74) is 0. The fourth-order valence-corrected chi connectivity index (χ4v) is 6.25. The smallest absolute Gasteiger partial charge is 0.267 e. The Morgan fingerprint density at radius 3 is 1.40 bits per heavy atom. The van der Waals surface area contributed by atoms with Gasteiger partial charge in [-0.25, -0.2) is 0 Å². The highest BCUT2D eigenvalue weighted by Crippen LogP contribution is 2.15. The number of amides is 1. The maximum absolute atomic E-state index is 12.5. The third-order valence-electron chi connectivity index (χ3n) is 8.32. The van der Waals surface area contributed by atoms with Gasteiger partial charge in [-0.3, -0.25) is 9.35 Å². The van der Waals surface area contributed by atoms with Gasteiger partial charge in [-0.15, -0.1) is 0 Å². The van der Waals surface area contributed by atoms with Crippen LogP contribution in [0.5, 0.6) is 0 Å². The van der Waals surface area contributed by atoms with E-state index in [0.29, 0.717) is 6.42 Å². The van der Waals surface area contributed by atoms with E-state index in [1.165, 1.54) is 122 Å². The lowest BCUT2D eigenvalue weighted by Crippen LogP contribution is -2.50. The first-order chi connectivity index (χ1) is 20.7. The van der Waals surface area contributed by atoms with E-state index in [4.69, 9.17) is 0 Å². The van der Waals surface area contributed by atoms with Gasteiger partial charge in [0, 0.05) is 0 Å². The topological polar surface area (TPSA) is 124 Å². The van der Waals surface area contributed by atoms with Crippen molar-refractivity contribution in [2.24, 2.45) is 0 Å². The Morgan fingerprint density at radius 1 is 0.628 bits per heavy atom. The van der Waals surface area contributed by atoms with Crippen LogP contribution in [-0.2, 0) is 14.9 Å². The number of aliphatic hydroxyl groups excluding tert-OH is 2. The standard InChI is InChI=1S/C35H69NO6S/c1-3-5-7-9-11-13-15-16-17-18-20-21-23-25-27-29-33(37)32(31-43(40,41)42)36-35(39)34(38)30-28-26-24-22-19-14-12-10-8-6-4-2/h27,29,32-34,37-38H,3-26,28,30-31H2,1-2H3,(H,36,39)(H,40,41,42)/b29-27+. The van der Waals surface area contributed by atoms with E-state index in [9.17, 15) is 28.0 Å². The van der Waals surface area contributed by atoms with Crippen molar-refractivity contribution in [3.63, 3.8) is 0 Å². The first-order valence-corrected chi connectivity index (χ1v) is 19.6. The van der Waals surface area contributed by atoms with Crippen molar-refractivity contribution in [1.29, 1.82) is 0 Å². The van der Waals surface area contributed by atoms with E-state index < -0.39 is 40.0 Å². The van der Waals surface area contributed by atoms with Gasteiger partial charge in [0.25, 0.3) is 10.1 Å². The summed E-state index contributed by atoms with van der Waals surface area (Å²) in [6.07, 6.45) is 31.2. The third-order valence-corrected chi connectivity index (χ3v) is 9.10. The van der Waals surface area contributed by atoms with Crippen molar-refractivity contribution in [3.8, 4) is 0 Å². The quantitative estimate of drug-likeness (QED) is 0.0334. The first-order valence-electron chi connectivity index (χ1n) is 18.0. The third kappa shape index (κ3) is 29.5. The van der Waals surface area contributed by atoms with Gasteiger partial charge in [0.15, 0.2) is 0 Å². The number of hydrogen-bond donors (Lipinski definition) is 4. The highest BCUT2D eigenvalue weighted by atomic mass is 32.2. The minimum atomic E-state index is -4.43. The molecule has 0 aromatic carbocycles. The molecular weight excluding hydrogens is 562 g/mol. The molecule has 0 rings (SSSR count). The molecule has 0 bridgehead atoms. The van der Waals surface area contributed by atoms with E-state index in [2.05, 4.69) is 19.2 Å². The van der Waals surface area contributed by atoms with E-state index in [-0.39, 0.29) is 6.42 Å². The number of unbranched alkanes of at least 4 members (excludes halogenated alkanes) is 23. The summed E-state index contributed by atoms with van der Waals surface area (Å²) in [5.74, 6) is -1.53. The number of carbonyl (C=O) groups excluding carboxylic acids is 1. The van der Waals surface area contributed by atoms with Crippen LogP contribution in [0.4, 0.5) is 0 Å². The maximum atomic E-state index is 12.5. The Bertz CT molecular complexity index is 757. The second-order valence-electron chi connectivity index (χ2n) is 12.7. The molecule has 0 radical (unpaired) electrons. The van der Waals surface area contributed by atoms with E-state index in [0.717, 1.165) is 38.5 Å². The van der Waals surface area contributed by atoms with Gasteiger partial charge in [-0.1, -0.05) is 174 Å². The van der Waals surface area contributed by atoms with Crippen LogP contribution >= 0.6 is 0 Å². The zero-order valence-corrected chi connectivity index (χ0v) is 28.8. The Hall–Kier alpha value is -0.960. The normalized spacial score (nSPS) is 14.3. The number of nitrogens with one attached hydrogen (secondary N) is 1. The molecule has 3 atom stereocenters. The van der Waals surface area contributed by atoms with E-state index >= 15 is 0 Å². The fraction of sp³-hybridized carbons (Fsp3) is 0.914. The minimum absolute atomic E-state index is 0.284. The largest absolute Gasteiger partial charge is 0.387 e. The molecule has 7 nitrogen and oxygen atoms in total. The lowest BCUT2D eigenvalue weighted by Gasteiger charge is -2.22. The van der Waals surface area contributed by atoms with Crippen molar-refractivity contribution in [3.05, 3.63) is 12.2 Å². The van der Waals surface area contributed by atoms with Crippen LogP contribution < -0.4 is 5.32 Å². The maximum Gasteiger partial charge on any atom is 0.267 e. The highest BCUT2D eigenvalue weighted by molar-refractivity contribution is 7.85. The van der Waals surface area contributed by atoms with Crippen molar-refractivity contribution >= 4 is 16.0 Å². The molecule has 3 unspecified atom stereocenters. The van der Waals surface area contributed by atoms with E-state index in [1.807, 2.05) is 0 Å². The van der Waals surface area contributed by atoms with Crippen LogP contribution in [0.15, 0.2) is 12.2 Å². The van der Waals surface area contributed by atoms with Crippen LogP contribution in [-0.4, -0.2) is 53.1 Å². The lowest BCUT2D eigenvalue weighted by atomic mass is 10.0. The lowest BCUT2D eigenvalue weighted by molar-refractivity contribution is -0.130. The van der Waals surface area contributed by atoms with Crippen LogP contribution in [0.3, 0.4) is 0 Å². The van der Waals surface area contributed by atoms with Crippen molar-refractivity contribution in [2.75, 3.05) is 5.75 Å². The molecule has 0 aromatic rings. The summed E-state index contributed by atoms with van der Waals surface area (Å²) in [5, 5.41) is 23.2.